The third-order valence-corrected chi connectivity index (χ3v) is 7.63. The molecule has 2 heterocycles. The number of fused-ring (bicyclic) bond motifs is 7. The third kappa shape index (κ3) is 8.50. The van der Waals surface area contributed by atoms with E-state index in [1.165, 1.54) is 10.8 Å². The van der Waals surface area contributed by atoms with E-state index in [4.69, 9.17) is 4.74 Å². The van der Waals surface area contributed by atoms with Gasteiger partial charge in [-0.3, -0.25) is 19.2 Å². The van der Waals surface area contributed by atoms with E-state index in [-0.39, 0.29) is 36.9 Å². The number of Topliss-reactive ketones (excluding diaryl/α,β-unsaturated/α-hetero) is 1. The minimum atomic E-state index is -1.16. The van der Waals surface area contributed by atoms with Crippen LogP contribution < -0.4 is 10.6 Å². The van der Waals surface area contributed by atoms with E-state index in [2.05, 4.69) is 10.6 Å². The second kappa shape index (κ2) is 12.5. The maximum Gasteiger partial charge on any atom is 0.309 e. The number of carbonyl (C=O) groups excluding carboxylic acids is 4. The number of aliphatic hydroxyl groups is 1. The SMILES string of the molecule is CC(C)C1NC(=O)C2CSSCC/C=C/C(CC(=O)C[C@H](C)C(=O)N2)OC(=O)C[C@@H]1O. The summed E-state index contributed by atoms with van der Waals surface area (Å²) >= 11 is 0. The first-order chi connectivity index (χ1) is 14.7. The van der Waals surface area contributed by atoms with E-state index in [1.807, 2.05) is 19.9 Å². The van der Waals surface area contributed by atoms with Gasteiger partial charge in [0.1, 0.15) is 17.9 Å². The molecule has 0 saturated carbocycles. The third-order valence-electron chi connectivity index (χ3n) is 5.18. The predicted molar refractivity (Wildman–Crippen MR) is 121 cm³/mol. The fourth-order valence-electron chi connectivity index (χ4n) is 3.41. The highest BCUT2D eigenvalue weighted by atomic mass is 33.1. The summed E-state index contributed by atoms with van der Waals surface area (Å²) in [7, 11) is 3.06. The lowest BCUT2D eigenvalue weighted by molar-refractivity contribution is -0.151. The average Bonchev–Trinajstić information content (AvgIpc) is 2.68. The van der Waals surface area contributed by atoms with Crippen molar-refractivity contribution >= 4 is 45.2 Å². The van der Waals surface area contributed by atoms with Crippen molar-refractivity contribution in [2.45, 2.75) is 70.7 Å². The summed E-state index contributed by atoms with van der Waals surface area (Å²) in [4.78, 5) is 50.6. The van der Waals surface area contributed by atoms with Gasteiger partial charge in [0.15, 0.2) is 0 Å². The van der Waals surface area contributed by atoms with E-state index in [0.29, 0.717) is 12.2 Å². The predicted octanol–water partition coefficient (Wildman–Crippen LogP) is 1.62. The standard InChI is InChI=1S/C21H32N2O6S2/c1-12(2)19-17(25)10-18(26)29-15-6-4-5-7-30-31-11-16(21(28)23-19)22-20(27)13(3)8-14(24)9-15/h4,6,12-13,15-17,19,25H,5,7-11H2,1-3H3,(H,22,27)(H,23,28)/b6-4+/t13-,15?,16?,17-,19?/m0/s1. The number of ether oxygens (including phenoxy) is 1. The van der Waals surface area contributed by atoms with Gasteiger partial charge in [0.25, 0.3) is 0 Å². The molecule has 0 aromatic rings. The second-order valence-corrected chi connectivity index (χ2v) is 10.9. The van der Waals surface area contributed by atoms with E-state index in [0.717, 1.165) is 5.75 Å². The van der Waals surface area contributed by atoms with Gasteiger partial charge in [-0.25, -0.2) is 0 Å². The maximum absolute atomic E-state index is 13.0. The first-order valence-corrected chi connectivity index (χ1v) is 13.1. The molecule has 8 nitrogen and oxygen atoms in total. The molecule has 2 bridgehead atoms. The molecule has 3 N–H and O–H groups in total. The molecule has 174 valence electrons. The van der Waals surface area contributed by atoms with Gasteiger partial charge in [-0.1, -0.05) is 48.4 Å². The van der Waals surface area contributed by atoms with Gasteiger partial charge in [0, 0.05) is 30.3 Å². The summed E-state index contributed by atoms with van der Waals surface area (Å²) < 4.78 is 5.47. The van der Waals surface area contributed by atoms with Crippen molar-refractivity contribution < 1.29 is 29.0 Å². The van der Waals surface area contributed by atoms with Crippen LogP contribution in [0.2, 0.25) is 0 Å². The Labute approximate surface area is 191 Å². The van der Waals surface area contributed by atoms with Crippen LogP contribution in [-0.4, -0.2) is 64.5 Å². The summed E-state index contributed by atoms with van der Waals surface area (Å²) in [5.74, 6) is -1.32. The zero-order valence-corrected chi connectivity index (χ0v) is 19.8. The van der Waals surface area contributed by atoms with Gasteiger partial charge in [0.2, 0.25) is 11.8 Å². The smallest absolute Gasteiger partial charge is 0.309 e. The molecule has 10 heteroatoms. The fourth-order valence-corrected chi connectivity index (χ4v) is 5.57. The lowest BCUT2D eigenvalue weighted by Gasteiger charge is -2.29. The van der Waals surface area contributed by atoms with Crippen molar-refractivity contribution in [1.29, 1.82) is 0 Å². The number of esters is 1. The Morgan fingerprint density at radius 3 is 2.52 bits per heavy atom. The minimum Gasteiger partial charge on any atom is -0.458 e. The van der Waals surface area contributed by atoms with Crippen LogP contribution in [0.15, 0.2) is 12.2 Å². The first kappa shape index (κ1) is 25.7. The zero-order chi connectivity index (χ0) is 23.0. The highest BCUT2D eigenvalue weighted by molar-refractivity contribution is 8.76. The molecule has 1 fully saturated rings. The first-order valence-electron chi connectivity index (χ1n) is 10.6. The molecular formula is C21H32N2O6S2. The van der Waals surface area contributed by atoms with E-state index >= 15 is 0 Å². The van der Waals surface area contributed by atoms with Gasteiger partial charge in [0.05, 0.1) is 18.6 Å². The van der Waals surface area contributed by atoms with Crippen molar-refractivity contribution in [2.75, 3.05) is 11.5 Å². The van der Waals surface area contributed by atoms with Crippen LogP contribution in [0.5, 0.6) is 0 Å². The average molecular weight is 473 g/mol. The molecular weight excluding hydrogens is 440 g/mol. The largest absolute Gasteiger partial charge is 0.458 e. The number of ketones is 1. The van der Waals surface area contributed by atoms with Crippen molar-refractivity contribution in [2.24, 2.45) is 11.8 Å². The molecule has 31 heavy (non-hydrogen) atoms. The Hall–Kier alpha value is -1.52. The fraction of sp³-hybridized carbons (Fsp3) is 0.714. The Morgan fingerprint density at radius 2 is 1.81 bits per heavy atom. The Balaban J connectivity index is 2.41. The summed E-state index contributed by atoms with van der Waals surface area (Å²) in [6.45, 7) is 5.30. The molecule has 2 aliphatic heterocycles. The van der Waals surface area contributed by atoms with Gasteiger partial charge in [-0.15, -0.1) is 0 Å². The van der Waals surface area contributed by atoms with Crippen LogP contribution in [0.3, 0.4) is 0 Å². The highest BCUT2D eigenvalue weighted by Gasteiger charge is 2.32. The van der Waals surface area contributed by atoms with Gasteiger partial charge < -0.3 is 20.5 Å². The summed E-state index contributed by atoms with van der Waals surface area (Å²) in [6, 6.07) is -1.51. The normalized spacial score (nSPS) is 33.4. The van der Waals surface area contributed by atoms with Crippen LogP contribution in [0.1, 0.15) is 46.5 Å². The minimum absolute atomic E-state index is 0.0127. The summed E-state index contributed by atoms with van der Waals surface area (Å²) in [6.07, 6.45) is 2.01. The second-order valence-electron chi connectivity index (χ2n) is 8.31. The molecule has 0 radical (unpaired) electrons. The monoisotopic (exact) mass is 472 g/mol. The number of allylic oxidation sites excluding steroid dienone is 1. The Bertz CT molecular complexity index is 699. The molecule has 2 rings (SSSR count). The van der Waals surface area contributed by atoms with E-state index in [1.54, 1.807) is 23.8 Å². The molecule has 0 spiro atoms. The molecule has 5 atom stereocenters. The van der Waals surface area contributed by atoms with Crippen LogP contribution in [0.25, 0.3) is 0 Å². The molecule has 2 amide bonds. The lowest BCUT2D eigenvalue weighted by Crippen LogP contribution is -2.55. The van der Waals surface area contributed by atoms with Crippen molar-refractivity contribution in [1.82, 2.24) is 10.6 Å². The van der Waals surface area contributed by atoms with Crippen LogP contribution in [-0.2, 0) is 23.9 Å². The number of hydrogen-bond acceptors (Lipinski definition) is 8. The highest BCUT2D eigenvalue weighted by Crippen LogP contribution is 2.24. The van der Waals surface area contributed by atoms with Crippen molar-refractivity contribution in [3.05, 3.63) is 12.2 Å². The molecule has 0 aromatic carbocycles. The summed E-state index contributed by atoms with van der Waals surface area (Å²) in [5.41, 5.74) is 0. The Kier molecular flexibility index (Phi) is 10.4. The molecule has 1 saturated heterocycles. The van der Waals surface area contributed by atoms with Crippen LogP contribution >= 0.6 is 21.6 Å². The molecule has 0 aliphatic carbocycles. The van der Waals surface area contributed by atoms with Crippen LogP contribution in [0.4, 0.5) is 0 Å². The van der Waals surface area contributed by atoms with Gasteiger partial charge in [-0.2, -0.15) is 0 Å². The maximum atomic E-state index is 13.0. The molecule has 2 aliphatic rings. The Morgan fingerprint density at radius 1 is 1.06 bits per heavy atom. The van der Waals surface area contributed by atoms with Crippen LogP contribution in [0, 0.1) is 11.8 Å². The lowest BCUT2D eigenvalue weighted by atomic mass is 9.96. The number of carbonyl (C=O) groups is 4. The molecule has 3 unspecified atom stereocenters. The van der Waals surface area contributed by atoms with Crippen molar-refractivity contribution in [3.8, 4) is 0 Å². The number of nitrogens with one attached hydrogen (secondary N) is 2. The molecule has 0 aromatic heterocycles. The number of aliphatic hydroxyl groups excluding tert-OH is 1. The van der Waals surface area contributed by atoms with E-state index < -0.39 is 42.1 Å². The zero-order valence-electron chi connectivity index (χ0n) is 18.2. The number of amides is 2. The quantitative estimate of drug-likeness (QED) is 0.299. The van der Waals surface area contributed by atoms with Crippen molar-refractivity contribution in [3.63, 3.8) is 0 Å². The number of rotatable bonds is 1. The van der Waals surface area contributed by atoms with E-state index in [9.17, 15) is 24.3 Å². The van der Waals surface area contributed by atoms with Gasteiger partial charge >= 0.3 is 5.97 Å². The topological polar surface area (TPSA) is 122 Å². The number of hydrogen-bond donors (Lipinski definition) is 3. The summed E-state index contributed by atoms with van der Waals surface area (Å²) in [5, 5.41) is 16.2. The van der Waals surface area contributed by atoms with Gasteiger partial charge in [-0.05, 0) is 18.4 Å².